The number of nitrogens with zero attached hydrogens (tertiary/aromatic N) is 1. The van der Waals surface area contributed by atoms with Crippen LogP contribution in [0.25, 0.3) is 0 Å². The lowest BCUT2D eigenvalue weighted by Gasteiger charge is -2.33. The Bertz CT molecular complexity index is 677. The van der Waals surface area contributed by atoms with Crippen molar-refractivity contribution in [3.05, 3.63) is 65.5 Å². The summed E-state index contributed by atoms with van der Waals surface area (Å²) in [5, 5.41) is 9.71. The molecule has 0 amide bonds. The van der Waals surface area contributed by atoms with E-state index in [4.69, 9.17) is 4.74 Å². The van der Waals surface area contributed by atoms with Gasteiger partial charge in [0.15, 0.2) is 0 Å². The van der Waals surface area contributed by atoms with E-state index in [0.29, 0.717) is 25.0 Å². The van der Waals surface area contributed by atoms with Gasteiger partial charge in [-0.1, -0.05) is 36.4 Å². The van der Waals surface area contributed by atoms with Gasteiger partial charge in [-0.2, -0.15) is 5.26 Å². The lowest BCUT2D eigenvalue weighted by molar-refractivity contribution is 0.240. The zero-order valence-corrected chi connectivity index (χ0v) is 11.0. The summed E-state index contributed by atoms with van der Waals surface area (Å²) in [7, 11) is 0. The summed E-state index contributed by atoms with van der Waals surface area (Å²) >= 11 is 0. The Morgan fingerprint density at radius 1 is 1.15 bits per heavy atom. The first kappa shape index (κ1) is 12.7. The second-order valence-electron chi connectivity index (χ2n) is 5.06. The first-order valence-electron chi connectivity index (χ1n) is 6.62. The van der Waals surface area contributed by atoms with Gasteiger partial charge in [0.25, 0.3) is 0 Å². The van der Waals surface area contributed by atoms with Crippen LogP contribution in [-0.4, -0.2) is 6.61 Å². The predicted octanol–water partition coefficient (Wildman–Crippen LogP) is 3.61. The van der Waals surface area contributed by atoms with E-state index in [1.165, 1.54) is 6.07 Å². The predicted molar refractivity (Wildman–Crippen MR) is 73.9 cm³/mol. The van der Waals surface area contributed by atoms with Gasteiger partial charge in [0.1, 0.15) is 11.6 Å². The Labute approximate surface area is 117 Å². The van der Waals surface area contributed by atoms with Crippen molar-refractivity contribution >= 4 is 0 Å². The molecule has 1 atom stereocenters. The topological polar surface area (TPSA) is 33.0 Å². The SMILES string of the molecule is N#CC1(Cc2ccccc2F)CCOc2ccccc21. The molecular formula is C17H14FNO. The molecular weight excluding hydrogens is 253 g/mol. The Balaban J connectivity index is 2.06. The fourth-order valence-corrected chi connectivity index (χ4v) is 2.76. The Morgan fingerprint density at radius 2 is 1.90 bits per heavy atom. The van der Waals surface area contributed by atoms with Crippen LogP contribution in [0.5, 0.6) is 5.75 Å². The number of para-hydroxylation sites is 1. The summed E-state index contributed by atoms with van der Waals surface area (Å²) in [4.78, 5) is 0. The Morgan fingerprint density at radius 3 is 2.70 bits per heavy atom. The fraction of sp³-hybridized carbons (Fsp3) is 0.235. The molecule has 20 heavy (non-hydrogen) atoms. The Hall–Kier alpha value is -2.34. The lowest BCUT2D eigenvalue weighted by atomic mass is 9.73. The van der Waals surface area contributed by atoms with E-state index < -0.39 is 5.41 Å². The number of ether oxygens (including phenoxy) is 1. The van der Waals surface area contributed by atoms with Gasteiger partial charge >= 0.3 is 0 Å². The van der Waals surface area contributed by atoms with Crippen LogP contribution in [0.3, 0.4) is 0 Å². The standard InChI is InChI=1S/C17H14FNO/c18-15-7-3-1-5-13(15)11-17(12-19)9-10-20-16-8-4-2-6-14(16)17/h1-8H,9-11H2. The number of nitriles is 1. The average molecular weight is 267 g/mol. The molecule has 2 nitrogen and oxygen atoms in total. The van der Waals surface area contributed by atoms with E-state index in [0.717, 1.165) is 11.3 Å². The molecule has 1 aliphatic heterocycles. The van der Waals surface area contributed by atoms with Gasteiger partial charge in [0.05, 0.1) is 18.1 Å². The van der Waals surface area contributed by atoms with Crippen molar-refractivity contribution in [1.29, 1.82) is 5.26 Å². The molecule has 1 unspecified atom stereocenters. The molecule has 0 radical (unpaired) electrons. The molecule has 100 valence electrons. The van der Waals surface area contributed by atoms with Gasteiger partial charge in [0, 0.05) is 12.0 Å². The number of benzene rings is 2. The summed E-state index contributed by atoms with van der Waals surface area (Å²) in [5.74, 6) is 0.475. The quantitative estimate of drug-likeness (QED) is 0.832. The summed E-state index contributed by atoms with van der Waals surface area (Å²) in [6, 6.07) is 16.6. The first-order valence-corrected chi connectivity index (χ1v) is 6.62. The van der Waals surface area contributed by atoms with Crippen molar-refractivity contribution in [2.45, 2.75) is 18.3 Å². The molecule has 0 N–H and O–H groups in total. The molecule has 3 heteroatoms. The molecule has 0 saturated heterocycles. The summed E-state index contributed by atoms with van der Waals surface area (Å²) < 4.78 is 19.5. The van der Waals surface area contributed by atoms with E-state index in [1.54, 1.807) is 18.2 Å². The normalized spacial score (nSPS) is 20.6. The zero-order chi connectivity index (χ0) is 14.0. The van der Waals surface area contributed by atoms with Crippen molar-refractivity contribution in [2.24, 2.45) is 0 Å². The van der Waals surface area contributed by atoms with Gasteiger partial charge in [-0.15, -0.1) is 0 Å². The molecule has 1 heterocycles. The first-order chi connectivity index (χ1) is 9.75. The van der Waals surface area contributed by atoms with Gasteiger partial charge in [0.2, 0.25) is 0 Å². The zero-order valence-electron chi connectivity index (χ0n) is 11.0. The molecule has 0 bridgehead atoms. The molecule has 2 aromatic rings. The van der Waals surface area contributed by atoms with Crippen molar-refractivity contribution < 1.29 is 9.13 Å². The van der Waals surface area contributed by atoms with Crippen LogP contribution < -0.4 is 4.74 Å². The number of hydrogen-bond donors (Lipinski definition) is 0. The maximum atomic E-state index is 13.9. The number of halogens is 1. The van der Waals surface area contributed by atoms with Gasteiger partial charge < -0.3 is 4.74 Å². The van der Waals surface area contributed by atoms with Crippen LogP contribution in [0.15, 0.2) is 48.5 Å². The van der Waals surface area contributed by atoms with Crippen LogP contribution in [0.1, 0.15) is 17.5 Å². The molecule has 0 aromatic heterocycles. The van der Waals surface area contributed by atoms with Crippen LogP contribution in [-0.2, 0) is 11.8 Å². The van der Waals surface area contributed by atoms with E-state index >= 15 is 0 Å². The maximum absolute atomic E-state index is 13.9. The van der Waals surface area contributed by atoms with E-state index in [-0.39, 0.29) is 5.82 Å². The smallest absolute Gasteiger partial charge is 0.126 e. The molecule has 0 aliphatic carbocycles. The average Bonchev–Trinajstić information content (AvgIpc) is 2.50. The third-order valence-corrected chi connectivity index (χ3v) is 3.85. The summed E-state index contributed by atoms with van der Waals surface area (Å²) in [6.45, 7) is 0.485. The highest BCUT2D eigenvalue weighted by Gasteiger charge is 2.38. The largest absolute Gasteiger partial charge is 0.493 e. The maximum Gasteiger partial charge on any atom is 0.126 e. The third-order valence-electron chi connectivity index (χ3n) is 3.85. The number of rotatable bonds is 2. The highest BCUT2D eigenvalue weighted by Crippen LogP contribution is 2.40. The summed E-state index contributed by atoms with van der Waals surface area (Å²) in [5.41, 5.74) is 0.722. The molecule has 0 fully saturated rings. The Kier molecular flexibility index (Phi) is 3.15. The number of fused-ring (bicyclic) bond motifs is 1. The minimum atomic E-state index is -0.711. The third kappa shape index (κ3) is 2.04. The molecule has 0 spiro atoms. The lowest BCUT2D eigenvalue weighted by Crippen LogP contribution is -2.34. The van der Waals surface area contributed by atoms with Crippen LogP contribution in [0.2, 0.25) is 0 Å². The number of hydrogen-bond acceptors (Lipinski definition) is 2. The molecule has 1 aliphatic rings. The highest BCUT2D eigenvalue weighted by atomic mass is 19.1. The van der Waals surface area contributed by atoms with Crippen molar-refractivity contribution in [3.8, 4) is 11.8 Å². The second-order valence-corrected chi connectivity index (χ2v) is 5.06. The fourth-order valence-electron chi connectivity index (χ4n) is 2.76. The monoisotopic (exact) mass is 267 g/mol. The van der Waals surface area contributed by atoms with Gasteiger partial charge in [-0.3, -0.25) is 0 Å². The highest BCUT2D eigenvalue weighted by molar-refractivity contribution is 5.47. The van der Waals surface area contributed by atoms with Crippen LogP contribution >= 0.6 is 0 Å². The van der Waals surface area contributed by atoms with Crippen molar-refractivity contribution in [2.75, 3.05) is 6.61 Å². The molecule has 0 saturated carbocycles. The minimum absolute atomic E-state index is 0.258. The van der Waals surface area contributed by atoms with Crippen molar-refractivity contribution in [1.82, 2.24) is 0 Å². The molecule has 2 aromatic carbocycles. The van der Waals surface area contributed by atoms with E-state index in [9.17, 15) is 9.65 Å². The molecule has 3 rings (SSSR count). The summed E-state index contributed by atoms with van der Waals surface area (Å²) in [6.07, 6.45) is 0.950. The van der Waals surface area contributed by atoms with Gasteiger partial charge in [-0.25, -0.2) is 4.39 Å². The van der Waals surface area contributed by atoms with Crippen LogP contribution in [0.4, 0.5) is 4.39 Å². The van der Waals surface area contributed by atoms with Crippen LogP contribution in [0, 0.1) is 17.1 Å². The minimum Gasteiger partial charge on any atom is -0.493 e. The second kappa shape index (κ2) is 4.97. The van der Waals surface area contributed by atoms with Gasteiger partial charge in [-0.05, 0) is 24.1 Å². The van der Waals surface area contributed by atoms with E-state index in [2.05, 4.69) is 6.07 Å². The van der Waals surface area contributed by atoms with Crippen molar-refractivity contribution in [3.63, 3.8) is 0 Å². The van der Waals surface area contributed by atoms with E-state index in [1.807, 2.05) is 24.3 Å².